The van der Waals surface area contributed by atoms with Crippen molar-refractivity contribution < 1.29 is 27.9 Å². The van der Waals surface area contributed by atoms with Crippen molar-refractivity contribution >= 4 is 17.7 Å². The smallest absolute Gasteiger partial charge is 0.465 e. The minimum absolute atomic E-state index is 0.292. The summed E-state index contributed by atoms with van der Waals surface area (Å²) in [6, 6.07) is 6.37. The van der Waals surface area contributed by atoms with Gasteiger partial charge < -0.3 is 15.3 Å². The van der Waals surface area contributed by atoms with E-state index < -0.39 is 29.8 Å². The standard InChI is InChI=1S/C19H26F3N3O3/c1-12(25(17(27)28)18(2,3)4)13-5-7-15(8-6-13)24-10-9-14(11-24)23-16(26)19(20,21)22/h5-8,12,14H,9-11H2,1-4H3,(H,23,26)(H,27,28)/t12-,14+/m0/s1. The number of halogens is 3. The highest BCUT2D eigenvalue weighted by molar-refractivity contribution is 5.82. The molecule has 1 aliphatic rings. The second-order valence-electron chi connectivity index (χ2n) is 7.99. The Hall–Kier alpha value is -2.45. The molecular weight excluding hydrogens is 375 g/mol. The van der Waals surface area contributed by atoms with Crippen LogP contribution in [0.5, 0.6) is 0 Å². The van der Waals surface area contributed by atoms with Crippen molar-refractivity contribution in [2.75, 3.05) is 18.0 Å². The molecule has 156 valence electrons. The monoisotopic (exact) mass is 401 g/mol. The van der Waals surface area contributed by atoms with Crippen molar-refractivity contribution in [2.45, 2.75) is 57.9 Å². The number of nitrogens with one attached hydrogen (secondary N) is 1. The maximum Gasteiger partial charge on any atom is 0.471 e. The molecule has 9 heteroatoms. The van der Waals surface area contributed by atoms with Crippen molar-refractivity contribution in [3.05, 3.63) is 29.8 Å². The Balaban J connectivity index is 2.05. The predicted octanol–water partition coefficient (Wildman–Crippen LogP) is 3.78. The lowest BCUT2D eigenvalue weighted by Crippen LogP contribution is -2.46. The van der Waals surface area contributed by atoms with Crippen molar-refractivity contribution in [1.82, 2.24) is 10.2 Å². The van der Waals surface area contributed by atoms with Gasteiger partial charge in [0.05, 0.1) is 6.04 Å². The number of hydrogen-bond donors (Lipinski definition) is 2. The molecule has 0 bridgehead atoms. The highest BCUT2D eigenvalue weighted by Gasteiger charge is 2.40. The van der Waals surface area contributed by atoms with Crippen LogP contribution in [-0.4, -0.2) is 52.9 Å². The molecule has 1 aromatic carbocycles. The average Bonchev–Trinajstić information content (AvgIpc) is 3.01. The molecule has 1 saturated heterocycles. The molecule has 0 spiro atoms. The van der Waals surface area contributed by atoms with Crippen LogP contribution in [0, 0.1) is 0 Å². The molecular formula is C19H26F3N3O3. The maximum absolute atomic E-state index is 12.4. The minimum atomic E-state index is -4.88. The van der Waals surface area contributed by atoms with E-state index in [1.807, 2.05) is 62.2 Å². The minimum Gasteiger partial charge on any atom is -0.465 e. The molecule has 1 aromatic rings. The molecule has 1 aliphatic heterocycles. The number of anilines is 1. The highest BCUT2D eigenvalue weighted by Crippen LogP contribution is 2.30. The zero-order valence-corrected chi connectivity index (χ0v) is 16.4. The van der Waals surface area contributed by atoms with Crippen molar-refractivity contribution in [3.63, 3.8) is 0 Å². The number of hydrogen-bond acceptors (Lipinski definition) is 3. The summed E-state index contributed by atoms with van der Waals surface area (Å²) in [5, 5.41) is 11.5. The SMILES string of the molecule is C[C@@H](c1ccc(N2CC[C@@H](NC(=O)C(F)(F)F)C2)cc1)N(C(=O)O)C(C)(C)C. The van der Waals surface area contributed by atoms with Crippen LogP contribution in [0.15, 0.2) is 24.3 Å². The van der Waals surface area contributed by atoms with Gasteiger partial charge in [0.1, 0.15) is 0 Å². The van der Waals surface area contributed by atoms with Crippen LogP contribution < -0.4 is 10.2 Å². The van der Waals surface area contributed by atoms with E-state index in [2.05, 4.69) is 0 Å². The first kappa shape index (κ1) is 21.8. The Morgan fingerprint density at radius 1 is 1.21 bits per heavy atom. The lowest BCUT2D eigenvalue weighted by molar-refractivity contribution is -0.174. The fraction of sp³-hybridized carbons (Fsp3) is 0.579. The first-order valence-corrected chi connectivity index (χ1v) is 9.05. The van der Waals surface area contributed by atoms with E-state index in [0.29, 0.717) is 19.5 Å². The molecule has 2 N–H and O–H groups in total. The summed E-state index contributed by atoms with van der Waals surface area (Å²) in [6.07, 6.45) is -5.46. The molecule has 2 rings (SSSR count). The zero-order chi connectivity index (χ0) is 21.3. The van der Waals surface area contributed by atoms with E-state index in [4.69, 9.17) is 0 Å². The Morgan fingerprint density at radius 3 is 2.25 bits per heavy atom. The summed E-state index contributed by atoms with van der Waals surface area (Å²) in [7, 11) is 0. The number of carbonyl (C=O) groups excluding carboxylic acids is 1. The van der Waals surface area contributed by atoms with E-state index in [-0.39, 0.29) is 6.04 Å². The molecule has 6 nitrogen and oxygen atoms in total. The average molecular weight is 401 g/mol. The lowest BCUT2D eigenvalue weighted by Gasteiger charge is -2.38. The summed E-state index contributed by atoms with van der Waals surface area (Å²) >= 11 is 0. The first-order chi connectivity index (χ1) is 12.8. The molecule has 1 heterocycles. The van der Waals surface area contributed by atoms with Gasteiger partial charge in [0, 0.05) is 30.4 Å². The fourth-order valence-corrected chi connectivity index (χ4v) is 3.53. The van der Waals surface area contributed by atoms with Gasteiger partial charge in [-0.25, -0.2) is 4.79 Å². The molecule has 2 atom stereocenters. The van der Waals surface area contributed by atoms with Crippen molar-refractivity contribution in [1.29, 1.82) is 0 Å². The Morgan fingerprint density at radius 2 is 1.79 bits per heavy atom. The van der Waals surface area contributed by atoms with E-state index in [1.165, 1.54) is 4.90 Å². The Labute approximate surface area is 162 Å². The largest absolute Gasteiger partial charge is 0.471 e. The third-order valence-electron chi connectivity index (χ3n) is 4.84. The number of rotatable bonds is 4. The topological polar surface area (TPSA) is 72.9 Å². The van der Waals surface area contributed by atoms with Crippen LogP contribution >= 0.6 is 0 Å². The van der Waals surface area contributed by atoms with Gasteiger partial charge in [-0.05, 0) is 51.8 Å². The van der Waals surface area contributed by atoms with Crippen LogP contribution in [0.1, 0.15) is 45.7 Å². The summed E-state index contributed by atoms with van der Waals surface area (Å²) < 4.78 is 37.1. The normalized spacial score (nSPS) is 18.7. The number of carbonyl (C=O) groups is 2. The highest BCUT2D eigenvalue weighted by atomic mass is 19.4. The van der Waals surface area contributed by atoms with Gasteiger partial charge in [0.2, 0.25) is 0 Å². The van der Waals surface area contributed by atoms with Gasteiger partial charge in [-0.1, -0.05) is 12.1 Å². The summed E-state index contributed by atoms with van der Waals surface area (Å²) in [6.45, 7) is 8.11. The molecule has 28 heavy (non-hydrogen) atoms. The number of carboxylic acid groups (broad SMARTS) is 1. The quantitative estimate of drug-likeness (QED) is 0.805. The predicted molar refractivity (Wildman–Crippen MR) is 99.3 cm³/mol. The Kier molecular flexibility index (Phi) is 6.15. The van der Waals surface area contributed by atoms with Crippen LogP contribution in [-0.2, 0) is 4.79 Å². The second kappa shape index (κ2) is 7.89. The van der Waals surface area contributed by atoms with Crippen molar-refractivity contribution in [2.24, 2.45) is 0 Å². The summed E-state index contributed by atoms with van der Waals surface area (Å²) in [5.74, 6) is -1.92. The lowest BCUT2D eigenvalue weighted by atomic mass is 9.99. The summed E-state index contributed by atoms with van der Waals surface area (Å²) in [4.78, 5) is 26.0. The van der Waals surface area contributed by atoms with Gasteiger partial charge in [-0.3, -0.25) is 9.69 Å². The first-order valence-electron chi connectivity index (χ1n) is 9.05. The van der Waals surface area contributed by atoms with E-state index in [9.17, 15) is 27.9 Å². The van der Waals surface area contributed by atoms with Crippen LogP contribution in [0.4, 0.5) is 23.7 Å². The molecule has 0 unspecified atom stereocenters. The maximum atomic E-state index is 12.4. The van der Waals surface area contributed by atoms with E-state index >= 15 is 0 Å². The number of amides is 2. The molecule has 2 amide bonds. The van der Waals surface area contributed by atoms with E-state index in [1.54, 1.807) is 0 Å². The third kappa shape index (κ3) is 5.08. The van der Waals surface area contributed by atoms with Gasteiger partial charge in [0.15, 0.2) is 0 Å². The number of benzene rings is 1. The fourth-order valence-electron chi connectivity index (χ4n) is 3.53. The Bertz CT molecular complexity index is 714. The molecule has 0 radical (unpaired) electrons. The van der Waals surface area contributed by atoms with Gasteiger partial charge in [0.25, 0.3) is 0 Å². The molecule has 0 aliphatic carbocycles. The van der Waals surface area contributed by atoms with Crippen molar-refractivity contribution in [3.8, 4) is 0 Å². The van der Waals surface area contributed by atoms with Crippen LogP contribution in [0.2, 0.25) is 0 Å². The van der Waals surface area contributed by atoms with Gasteiger partial charge in [-0.2, -0.15) is 13.2 Å². The van der Waals surface area contributed by atoms with Gasteiger partial charge >= 0.3 is 18.2 Å². The van der Waals surface area contributed by atoms with E-state index in [0.717, 1.165) is 11.3 Å². The number of nitrogens with zero attached hydrogens (tertiary/aromatic N) is 2. The zero-order valence-electron chi connectivity index (χ0n) is 16.4. The molecule has 0 aromatic heterocycles. The molecule has 0 saturated carbocycles. The summed E-state index contributed by atoms with van der Waals surface area (Å²) in [5.41, 5.74) is 1.07. The van der Waals surface area contributed by atoms with Crippen LogP contribution in [0.25, 0.3) is 0 Å². The second-order valence-corrected chi connectivity index (χ2v) is 7.99. The van der Waals surface area contributed by atoms with Crippen LogP contribution in [0.3, 0.4) is 0 Å². The third-order valence-corrected chi connectivity index (χ3v) is 4.84. The molecule has 1 fully saturated rings. The van der Waals surface area contributed by atoms with Gasteiger partial charge in [-0.15, -0.1) is 0 Å². The number of alkyl halides is 3.